The van der Waals surface area contributed by atoms with E-state index in [0.29, 0.717) is 17.2 Å². The molecule has 1 amide bonds. The van der Waals surface area contributed by atoms with Crippen LogP contribution in [0.4, 0.5) is 8.78 Å². The van der Waals surface area contributed by atoms with Crippen LogP contribution in [0.15, 0.2) is 47.4 Å². The van der Waals surface area contributed by atoms with E-state index >= 15 is 0 Å². The first-order valence-corrected chi connectivity index (χ1v) is 7.75. The average Bonchev–Trinajstić information content (AvgIpc) is 3.26. The van der Waals surface area contributed by atoms with Gasteiger partial charge >= 0.3 is 0 Å². The second-order valence-corrected chi connectivity index (χ2v) is 5.95. The van der Waals surface area contributed by atoms with E-state index in [1.165, 1.54) is 23.2 Å². The molecule has 0 unspecified atom stereocenters. The van der Waals surface area contributed by atoms with E-state index in [0.717, 1.165) is 31.0 Å². The number of amides is 1. The van der Waals surface area contributed by atoms with Gasteiger partial charge in [0, 0.05) is 18.0 Å². The number of carbonyl (C=O) groups excluding carboxylic acids is 1. The van der Waals surface area contributed by atoms with Crippen LogP contribution in [0.5, 0.6) is 0 Å². The van der Waals surface area contributed by atoms with Crippen molar-refractivity contribution in [2.75, 3.05) is 0 Å². The molecule has 4 N–H and O–H groups in total. The first-order chi connectivity index (χ1) is 11.9. The van der Waals surface area contributed by atoms with Crippen molar-refractivity contribution in [1.82, 2.24) is 9.78 Å². The molecule has 0 aliphatic heterocycles. The Hall–Kier alpha value is -3.03. The lowest BCUT2D eigenvalue weighted by atomic mass is 10.2. The van der Waals surface area contributed by atoms with Gasteiger partial charge in [-0.2, -0.15) is 10.1 Å². The van der Waals surface area contributed by atoms with Crippen molar-refractivity contribution in [3.63, 3.8) is 0 Å². The van der Waals surface area contributed by atoms with Crippen molar-refractivity contribution < 1.29 is 13.6 Å². The maximum absolute atomic E-state index is 13.3. The van der Waals surface area contributed by atoms with Gasteiger partial charge in [-0.25, -0.2) is 13.5 Å². The maximum atomic E-state index is 13.3. The molecule has 6 nitrogen and oxygen atoms in total. The highest BCUT2D eigenvalue weighted by Gasteiger charge is 2.24. The molecular weight excluding hydrogens is 328 g/mol. The standard InChI is InChI=1S/C17H17F2N5O/c18-12-4-13(19)6-14(5-12)24-9-10(8-22-24)3-17(25)23-16(21)7-15(20)11-1-2-11/h4-9,11H,1-3,20H2,(H2,21,23,25)/b15-7-. The number of carbonyl (C=O) groups is 1. The molecule has 3 rings (SSSR count). The average molecular weight is 345 g/mol. The Morgan fingerprint density at radius 1 is 1.28 bits per heavy atom. The van der Waals surface area contributed by atoms with Crippen LogP contribution in [0.2, 0.25) is 0 Å². The first-order valence-electron chi connectivity index (χ1n) is 7.75. The molecule has 0 saturated heterocycles. The number of aromatic nitrogens is 2. The smallest absolute Gasteiger partial charge is 0.252 e. The van der Waals surface area contributed by atoms with Crippen LogP contribution in [0.25, 0.3) is 5.69 Å². The normalized spacial score (nSPS) is 15.4. The maximum Gasteiger partial charge on any atom is 0.252 e. The van der Waals surface area contributed by atoms with Gasteiger partial charge < -0.3 is 11.5 Å². The molecular formula is C17H17F2N5O. The molecule has 0 bridgehead atoms. The number of allylic oxidation sites excluding steroid dienone is 1. The second-order valence-electron chi connectivity index (χ2n) is 5.95. The van der Waals surface area contributed by atoms with Gasteiger partial charge in [0.05, 0.1) is 18.3 Å². The van der Waals surface area contributed by atoms with Gasteiger partial charge in [-0.05, 0) is 42.5 Å². The number of amidine groups is 1. The number of benzene rings is 1. The molecule has 1 heterocycles. The van der Waals surface area contributed by atoms with Crippen molar-refractivity contribution >= 4 is 11.7 Å². The fourth-order valence-electron chi connectivity index (χ4n) is 2.36. The number of nitrogens with two attached hydrogens (primary N) is 2. The minimum Gasteiger partial charge on any atom is -0.402 e. The predicted molar refractivity (Wildman–Crippen MR) is 88.8 cm³/mol. The summed E-state index contributed by atoms with van der Waals surface area (Å²) in [6.45, 7) is 0. The van der Waals surface area contributed by atoms with Crippen molar-refractivity contribution in [3.05, 3.63) is 59.6 Å². The van der Waals surface area contributed by atoms with E-state index in [2.05, 4.69) is 10.1 Å². The first kappa shape index (κ1) is 16.8. The number of aliphatic imine (C=N–C) groups is 1. The molecule has 1 aromatic heterocycles. The molecule has 130 valence electrons. The predicted octanol–water partition coefficient (Wildman–Crippen LogP) is 1.83. The van der Waals surface area contributed by atoms with Crippen LogP contribution >= 0.6 is 0 Å². The minimum atomic E-state index is -0.708. The summed E-state index contributed by atoms with van der Waals surface area (Å²) < 4.78 is 27.8. The monoisotopic (exact) mass is 345 g/mol. The molecule has 0 atom stereocenters. The SMILES string of the molecule is NC(/C=C(\N)C1CC1)=NC(=O)Cc1cnn(-c2cc(F)cc(F)c2)c1. The van der Waals surface area contributed by atoms with Gasteiger partial charge in [-0.1, -0.05) is 0 Å². The summed E-state index contributed by atoms with van der Waals surface area (Å²) in [4.78, 5) is 15.7. The van der Waals surface area contributed by atoms with Crippen molar-refractivity contribution in [2.24, 2.45) is 22.4 Å². The molecule has 1 fully saturated rings. The van der Waals surface area contributed by atoms with Crippen LogP contribution in [0.3, 0.4) is 0 Å². The zero-order chi connectivity index (χ0) is 18.0. The van der Waals surface area contributed by atoms with Gasteiger partial charge in [-0.15, -0.1) is 0 Å². The molecule has 1 aliphatic rings. The van der Waals surface area contributed by atoms with Gasteiger partial charge in [0.25, 0.3) is 5.91 Å². The number of hydrogen-bond acceptors (Lipinski definition) is 3. The Balaban J connectivity index is 1.68. The number of hydrogen-bond donors (Lipinski definition) is 2. The van der Waals surface area contributed by atoms with Crippen LogP contribution in [-0.2, 0) is 11.2 Å². The lowest BCUT2D eigenvalue weighted by Gasteiger charge is -2.01. The van der Waals surface area contributed by atoms with E-state index in [4.69, 9.17) is 11.5 Å². The lowest BCUT2D eigenvalue weighted by Crippen LogP contribution is -2.15. The van der Waals surface area contributed by atoms with Crippen LogP contribution in [0.1, 0.15) is 18.4 Å². The zero-order valence-electron chi connectivity index (χ0n) is 13.3. The third-order valence-electron chi connectivity index (χ3n) is 3.72. The summed E-state index contributed by atoms with van der Waals surface area (Å²) in [7, 11) is 0. The number of rotatable bonds is 5. The molecule has 0 spiro atoms. The third-order valence-corrected chi connectivity index (χ3v) is 3.72. The van der Waals surface area contributed by atoms with Crippen LogP contribution < -0.4 is 11.5 Å². The summed E-state index contributed by atoms with van der Waals surface area (Å²) in [5.41, 5.74) is 12.9. The quantitative estimate of drug-likeness (QED) is 0.638. The molecule has 0 radical (unpaired) electrons. The second kappa shape index (κ2) is 6.84. The number of halogens is 2. The molecule has 8 heteroatoms. The largest absolute Gasteiger partial charge is 0.402 e. The molecule has 1 aromatic carbocycles. The van der Waals surface area contributed by atoms with E-state index in [-0.39, 0.29) is 17.9 Å². The van der Waals surface area contributed by atoms with E-state index in [1.54, 1.807) is 0 Å². The third kappa shape index (κ3) is 4.50. The van der Waals surface area contributed by atoms with E-state index < -0.39 is 17.5 Å². The lowest BCUT2D eigenvalue weighted by molar-refractivity contribution is -0.117. The summed E-state index contributed by atoms with van der Waals surface area (Å²) in [5.74, 6) is -1.47. The van der Waals surface area contributed by atoms with Crippen molar-refractivity contribution in [3.8, 4) is 5.69 Å². The minimum absolute atomic E-state index is 0.0321. The Labute approximate surface area is 142 Å². The zero-order valence-corrected chi connectivity index (χ0v) is 13.3. The van der Waals surface area contributed by atoms with Gasteiger partial charge in [0.2, 0.25) is 0 Å². The Morgan fingerprint density at radius 3 is 2.60 bits per heavy atom. The molecule has 1 aliphatic carbocycles. The molecule has 2 aromatic rings. The van der Waals surface area contributed by atoms with Gasteiger partial charge in [-0.3, -0.25) is 4.79 Å². The van der Waals surface area contributed by atoms with Gasteiger partial charge in [0.15, 0.2) is 0 Å². The number of nitrogens with zero attached hydrogens (tertiary/aromatic N) is 3. The van der Waals surface area contributed by atoms with Crippen LogP contribution in [-0.4, -0.2) is 21.5 Å². The highest BCUT2D eigenvalue weighted by atomic mass is 19.1. The van der Waals surface area contributed by atoms with Crippen molar-refractivity contribution in [2.45, 2.75) is 19.3 Å². The Bertz CT molecular complexity index is 847. The Kier molecular flexibility index (Phi) is 4.60. The summed E-state index contributed by atoms with van der Waals surface area (Å²) in [6, 6.07) is 3.06. The van der Waals surface area contributed by atoms with Crippen LogP contribution in [0, 0.1) is 17.6 Å². The highest BCUT2D eigenvalue weighted by Crippen LogP contribution is 2.33. The topological polar surface area (TPSA) is 99.3 Å². The summed E-state index contributed by atoms with van der Waals surface area (Å²) in [5, 5.41) is 4.00. The van der Waals surface area contributed by atoms with Crippen molar-refractivity contribution in [1.29, 1.82) is 0 Å². The Morgan fingerprint density at radius 2 is 1.96 bits per heavy atom. The highest BCUT2D eigenvalue weighted by molar-refractivity contribution is 6.00. The van der Waals surface area contributed by atoms with Gasteiger partial charge in [0.1, 0.15) is 17.5 Å². The van der Waals surface area contributed by atoms with E-state index in [9.17, 15) is 13.6 Å². The fraction of sp³-hybridized carbons (Fsp3) is 0.235. The summed E-state index contributed by atoms with van der Waals surface area (Å²) >= 11 is 0. The fourth-order valence-corrected chi connectivity index (χ4v) is 2.36. The molecule has 1 saturated carbocycles. The van der Waals surface area contributed by atoms with E-state index in [1.807, 2.05) is 0 Å². The summed E-state index contributed by atoms with van der Waals surface area (Å²) in [6.07, 6.45) is 6.48. The molecule has 25 heavy (non-hydrogen) atoms.